The van der Waals surface area contributed by atoms with Crippen molar-refractivity contribution in [3.63, 3.8) is 0 Å². The van der Waals surface area contributed by atoms with E-state index in [1.807, 2.05) is 12.3 Å². The molecule has 0 radical (unpaired) electrons. The van der Waals surface area contributed by atoms with Crippen LogP contribution in [0.25, 0.3) is 0 Å². The number of piperidine rings is 2. The number of rotatable bonds is 3. The van der Waals surface area contributed by atoms with Gasteiger partial charge in [0.15, 0.2) is 0 Å². The molecule has 2 aliphatic rings. The average Bonchev–Trinajstić information content (AvgIpc) is 2.48. The van der Waals surface area contributed by atoms with Gasteiger partial charge in [-0.15, -0.1) is 0 Å². The number of pyridine rings is 1. The molecule has 3 heterocycles. The minimum absolute atomic E-state index is 0.696. The van der Waals surface area contributed by atoms with Crippen molar-refractivity contribution in [2.75, 3.05) is 38.1 Å². The number of nitrogens with zero attached hydrogens (tertiary/aromatic N) is 3. The maximum atomic E-state index is 5.73. The quantitative estimate of drug-likeness (QED) is 0.907. The predicted molar refractivity (Wildman–Crippen MR) is 83.0 cm³/mol. The number of anilines is 1. The molecule has 2 saturated heterocycles. The fourth-order valence-corrected chi connectivity index (χ4v) is 3.91. The third-order valence-electron chi connectivity index (χ3n) is 4.93. The molecule has 1 aromatic rings. The van der Waals surface area contributed by atoms with Gasteiger partial charge in [-0.3, -0.25) is 0 Å². The Morgan fingerprint density at radius 1 is 1.35 bits per heavy atom. The van der Waals surface area contributed by atoms with E-state index < -0.39 is 0 Å². The Hall–Kier alpha value is -1.13. The molecule has 0 bridgehead atoms. The van der Waals surface area contributed by atoms with Gasteiger partial charge in [0, 0.05) is 25.3 Å². The highest BCUT2D eigenvalue weighted by Crippen LogP contribution is 2.32. The van der Waals surface area contributed by atoms with Gasteiger partial charge in [0.1, 0.15) is 5.82 Å². The summed E-state index contributed by atoms with van der Waals surface area (Å²) >= 11 is 0. The van der Waals surface area contributed by atoms with Gasteiger partial charge in [-0.2, -0.15) is 0 Å². The number of fused-ring (bicyclic) bond motifs is 1. The van der Waals surface area contributed by atoms with Gasteiger partial charge in [-0.05, 0) is 63.4 Å². The number of likely N-dealkylation sites (tertiary alicyclic amines) is 1. The third-order valence-corrected chi connectivity index (χ3v) is 4.93. The number of aromatic nitrogens is 1. The van der Waals surface area contributed by atoms with E-state index >= 15 is 0 Å². The lowest BCUT2D eigenvalue weighted by molar-refractivity contribution is 0.102. The van der Waals surface area contributed by atoms with Crippen molar-refractivity contribution in [2.45, 2.75) is 31.7 Å². The Morgan fingerprint density at radius 3 is 3.10 bits per heavy atom. The Labute approximate surface area is 122 Å². The van der Waals surface area contributed by atoms with E-state index in [9.17, 15) is 0 Å². The Kier molecular flexibility index (Phi) is 4.22. The van der Waals surface area contributed by atoms with Crippen LogP contribution in [0.15, 0.2) is 18.3 Å². The Balaban J connectivity index is 1.76. The largest absolute Gasteiger partial charge is 0.356 e. The maximum absolute atomic E-state index is 5.73. The van der Waals surface area contributed by atoms with Gasteiger partial charge in [0.2, 0.25) is 0 Å². The monoisotopic (exact) mass is 274 g/mol. The molecule has 0 aromatic carbocycles. The summed E-state index contributed by atoms with van der Waals surface area (Å²) in [5.41, 5.74) is 7.03. The highest BCUT2D eigenvalue weighted by Gasteiger charge is 2.34. The molecule has 0 aliphatic carbocycles. The van der Waals surface area contributed by atoms with Gasteiger partial charge in [0.25, 0.3) is 0 Å². The van der Waals surface area contributed by atoms with Crippen molar-refractivity contribution in [3.05, 3.63) is 23.9 Å². The zero-order valence-electron chi connectivity index (χ0n) is 12.5. The minimum Gasteiger partial charge on any atom is -0.356 e. The lowest BCUT2D eigenvalue weighted by atomic mass is 9.84. The van der Waals surface area contributed by atoms with Crippen molar-refractivity contribution in [3.8, 4) is 0 Å². The first-order valence-corrected chi connectivity index (χ1v) is 7.88. The number of nitrogens with two attached hydrogens (primary N) is 1. The first-order valence-electron chi connectivity index (χ1n) is 7.88. The molecular formula is C16H26N4. The van der Waals surface area contributed by atoms with Crippen LogP contribution in [0.2, 0.25) is 0 Å². The molecular weight excluding hydrogens is 248 g/mol. The van der Waals surface area contributed by atoms with E-state index in [-0.39, 0.29) is 0 Å². The second-order valence-corrected chi connectivity index (χ2v) is 6.21. The molecule has 2 aliphatic heterocycles. The van der Waals surface area contributed by atoms with Crippen LogP contribution in [-0.2, 0) is 6.42 Å². The van der Waals surface area contributed by atoms with Gasteiger partial charge < -0.3 is 15.5 Å². The van der Waals surface area contributed by atoms with Gasteiger partial charge in [-0.1, -0.05) is 6.07 Å². The second-order valence-electron chi connectivity index (χ2n) is 6.21. The van der Waals surface area contributed by atoms with Crippen LogP contribution in [0.5, 0.6) is 0 Å². The van der Waals surface area contributed by atoms with Crippen molar-refractivity contribution in [2.24, 2.45) is 11.7 Å². The Bertz CT molecular complexity index is 448. The van der Waals surface area contributed by atoms with E-state index in [0.717, 1.165) is 31.5 Å². The van der Waals surface area contributed by atoms with Crippen molar-refractivity contribution in [1.82, 2.24) is 9.88 Å². The first kappa shape index (κ1) is 13.8. The van der Waals surface area contributed by atoms with E-state index in [1.165, 1.54) is 37.2 Å². The van der Waals surface area contributed by atoms with Gasteiger partial charge >= 0.3 is 0 Å². The smallest absolute Gasteiger partial charge is 0.131 e. The van der Waals surface area contributed by atoms with E-state index in [4.69, 9.17) is 5.73 Å². The lowest BCUT2D eigenvalue weighted by Gasteiger charge is -2.46. The summed E-state index contributed by atoms with van der Waals surface area (Å²) < 4.78 is 0. The van der Waals surface area contributed by atoms with Crippen molar-refractivity contribution < 1.29 is 0 Å². The first-order chi connectivity index (χ1) is 9.79. The fraction of sp³-hybridized carbons (Fsp3) is 0.688. The summed E-state index contributed by atoms with van der Waals surface area (Å²) in [5, 5.41) is 0. The molecule has 3 rings (SSSR count). The summed E-state index contributed by atoms with van der Waals surface area (Å²) in [5.74, 6) is 1.97. The third kappa shape index (κ3) is 2.67. The molecule has 2 unspecified atom stereocenters. The van der Waals surface area contributed by atoms with Crippen molar-refractivity contribution >= 4 is 5.82 Å². The standard InChI is InChI=1S/C16H26N4/c1-19-10-3-5-14-12-20(11-7-15(14)19)16-13(6-8-17)4-2-9-18-16/h2,4,9,14-15H,3,5-8,10-12,17H2,1H3. The van der Waals surface area contributed by atoms with Gasteiger partial charge in [0.05, 0.1) is 0 Å². The van der Waals surface area contributed by atoms with Crippen LogP contribution in [0.4, 0.5) is 5.82 Å². The summed E-state index contributed by atoms with van der Waals surface area (Å²) in [6, 6.07) is 4.98. The molecule has 0 saturated carbocycles. The lowest BCUT2D eigenvalue weighted by Crippen LogP contribution is -2.53. The molecule has 4 heteroatoms. The zero-order chi connectivity index (χ0) is 13.9. The summed E-state index contributed by atoms with van der Waals surface area (Å²) in [4.78, 5) is 9.69. The molecule has 2 fully saturated rings. The van der Waals surface area contributed by atoms with Crippen LogP contribution in [0.1, 0.15) is 24.8 Å². The van der Waals surface area contributed by atoms with E-state index in [0.29, 0.717) is 6.54 Å². The van der Waals surface area contributed by atoms with Crippen molar-refractivity contribution in [1.29, 1.82) is 0 Å². The molecule has 20 heavy (non-hydrogen) atoms. The van der Waals surface area contributed by atoms with Crippen LogP contribution in [0.3, 0.4) is 0 Å². The van der Waals surface area contributed by atoms with Crippen LogP contribution in [0, 0.1) is 5.92 Å². The summed E-state index contributed by atoms with van der Waals surface area (Å²) in [6.45, 7) is 4.24. The molecule has 1 aromatic heterocycles. The average molecular weight is 274 g/mol. The molecule has 0 spiro atoms. The number of hydrogen-bond acceptors (Lipinski definition) is 4. The molecule has 0 amide bonds. The van der Waals surface area contributed by atoms with E-state index in [1.54, 1.807) is 0 Å². The molecule has 110 valence electrons. The molecule has 2 atom stereocenters. The highest BCUT2D eigenvalue weighted by atomic mass is 15.2. The summed E-state index contributed by atoms with van der Waals surface area (Å²) in [7, 11) is 2.28. The highest BCUT2D eigenvalue weighted by molar-refractivity contribution is 5.47. The maximum Gasteiger partial charge on any atom is 0.131 e. The van der Waals surface area contributed by atoms with E-state index in [2.05, 4.69) is 27.9 Å². The normalized spacial score (nSPS) is 27.4. The predicted octanol–water partition coefficient (Wildman–Crippen LogP) is 1.50. The topological polar surface area (TPSA) is 45.4 Å². The van der Waals surface area contributed by atoms with Gasteiger partial charge in [-0.25, -0.2) is 4.98 Å². The zero-order valence-corrected chi connectivity index (χ0v) is 12.5. The Morgan fingerprint density at radius 2 is 2.25 bits per heavy atom. The molecule has 4 nitrogen and oxygen atoms in total. The van der Waals surface area contributed by atoms with Crippen LogP contribution < -0.4 is 10.6 Å². The minimum atomic E-state index is 0.696. The van der Waals surface area contributed by atoms with Crippen LogP contribution >= 0.6 is 0 Å². The summed E-state index contributed by atoms with van der Waals surface area (Å²) in [6.07, 6.45) is 6.80. The molecule has 2 N–H and O–H groups in total. The number of hydrogen-bond donors (Lipinski definition) is 1. The second kappa shape index (κ2) is 6.10. The SMILES string of the molecule is CN1CCCC2CN(c3ncccc3CCN)CCC21. The van der Waals surface area contributed by atoms with Crippen LogP contribution in [-0.4, -0.2) is 49.2 Å². The fourth-order valence-electron chi connectivity index (χ4n) is 3.91.